The monoisotopic (exact) mass is 256 g/mol. The molecule has 0 heterocycles. The van der Waals surface area contributed by atoms with E-state index < -0.39 is 8.07 Å². The van der Waals surface area contributed by atoms with E-state index in [4.69, 9.17) is 4.74 Å². The van der Waals surface area contributed by atoms with Gasteiger partial charge in [0.15, 0.2) is 0 Å². The largest absolute Gasteiger partial charge is 0.463 e. The Kier molecular flexibility index (Phi) is 8.22. The van der Waals surface area contributed by atoms with Crippen LogP contribution in [0.25, 0.3) is 0 Å². The molecule has 0 aliphatic rings. The molecule has 0 radical (unpaired) electrons. The van der Waals surface area contributed by atoms with Crippen LogP contribution in [0.5, 0.6) is 0 Å². The third-order valence-electron chi connectivity index (χ3n) is 2.71. The zero-order valence-corrected chi connectivity index (χ0v) is 12.9. The fourth-order valence-electron chi connectivity index (χ4n) is 2.15. The van der Waals surface area contributed by atoms with Crippen LogP contribution in [0.1, 0.15) is 32.6 Å². The van der Waals surface area contributed by atoms with Gasteiger partial charge in [-0.1, -0.05) is 58.5 Å². The Morgan fingerprint density at radius 1 is 1.29 bits per heavy atom. The smallest absolute Gasteiger partial charge is 0.330 e. The molecule has 3 heteroatoms. The number of hydrogen-bond donors (Lipinski definition) is 0. The van der Waals surface area contributed by atoms with Crippen LogP contribution in [0.4, 0.5) is 0 Å². The molecule has 0 saturated heterocycles. The zero-order valence-electron chi connectivity index (χ0n) is 11.9. The average Bonchev–Trinajstić information content (AvgIpc) is 2.20. The molecule has 0 aromatic heterocycles. The summed E-state index contributed by atoms with van der Waals surface area (Å²) in [6.07, 6.45) is 5.90. The highest BCUT2D eigenvalue weighted by atomic mass is 28.3. The molecule has 0 amide bonds. The predicted molar refractivity (Wildman–Crippen MR) is 76.9 cm³/mol. The standard InChI is InChI=1S/C14H28O2Si/c1-6-14(15)16-11-9-7-8-10-13(2)12-17(3,4)5/h6,13H,1,7-12H2,2-5H3. The van der Waals surface area contributed by atoms with Crippen molar-refractivity contribution in [1.29, 1.82) is 0 Å². The summed E-state index contributed by atoms with van der Waals surface area (Å²) in [6, 6.07) is 1.42. The number of carbonyl (C=O) groups is 1. The summed E-state index contributed by atoms with van der Waals surface area (Å²) in [6.45, 7) is 13.5. The van der Waals surface area contributed by atoms with E-state index in [9.17, 15) is 4.79 Å². The van der Waals surface area contributed by atoms with Gasteiger partial charge in [0, 0.05) is 14.1 Å². The van der Waals surface area contributed by atoms with Gasteiger partial charge in [-0.2, -0.15) is 0 Å². The maximum Gasteiger partial charge on any atom is 0.330 e. The molecule has 0 rings (SSSR count). The Morgan fingerprint density at radius 3 is 2.47 bits per heavy atom. The van der Waals surface area contributed by atoms with Gasteiger partial charge in [-0.15, -0.1) is 0 Å². The third kappa shape index (κ3) is 11.7. The fourth-order valence-corrected chi connectivity index (χ4v) is 4.45. The average molecular weight is 256 g/mol. The van der Waals surface area contributed by atoms with E-state index >= 15 is 0 Å². The first-order chi connectivity index (χ1) is 7.85. The summed E-state index contributed by atoms with van der Waals surface area (Å²) in [5, 5.41) is 0. The molecule has 0 aliphatic carbocycles. The number of carbonyl (C=O) groups excluding carboxylic acids is 1. The summed E-state index contributed by atoms with van der Waals surface area (Å²) in [7, 11) is -0.896. The van der Waals surface area contributed by atoms with Gasteiger partial charge in [0.05, 0.1) is 6.61 Å². The Balaban J connectivity index is 3.39. The molecular formula is C14H28O2Si. The molecule has 0 N–H and O–H groups in total. The van der Waals surface area contributed by atoms with Gasteiger partial charge in [0.25, 0.3) is 0 Å². The van der Waals surface area contributed by atoms with Crippen molar-refractivity contribution < 1.29 is 9.53 Å². The molecule has 1 atom stereocenters. The molecule has 0 bridgehead atoms. The Labute approximate surface area is 107 Å². The van der Waals surface area contributed by atoms with Crippen molar-refractivity contribution in [3.05, 3.63) is 12.7 Å². The van der Waals surface area contributed by atoms with Crippen LogP contribution in [0, 0.1) is 5.92 Å². The Bertz CT molecular complexity index is 231. The van der Waals surface area contributed by atoms with Crippen molar-refractivity contribution in [3.8, 4) is 0 Å². The van der Waals surface area contributed by atoms with Gasteiger partial charge >= 0.3 is 5.97 Å². The lowest BCUT2D eigenvalue weighted by molar-refractivity contribution is -0.137. The van der Waals surface area contributed by atoms with Crippen molar-refractivity contribution in [3.63, 3.8) is 0 Å². The maximum atomic E-state index is 10.8. The zero-order chi connectivity index (χ0) is 13.3. The first-order valence-electron chi connectivity index (χ1n) is 6.64. The Hall–Kier alpha value is -0.573. The van der Waals surface area contributed by atoms with Gasteiger partial charge < -0.3 is 4.74 Å². The molecule has 0 saturated carbocycles. The van der Waals surface area contributed by atoms with Crippen molar-refractivity contribution in [2.24, 2.45) is 5.92 Å². The van der Waals surface area contributed by atoms with E-state index in [1.807, 2.05) is 0 Å². The van der Waals surface area contributed by atoms with E-state index in [1.54, 1.807) is 0 Å². The summed E-state index contributed by atoms with van der Waals surface area (Å²) in [5.41, 5.74) is 0. The van der Waals surface area contributed by atoms with Crippen LogP contribution in [0.15, 0.2) is 12.7 Å². The minimum atomic E-state index is -0.896. The topological polar surface area (TPSA) is 26.3 Å². The lowest BCUT2D eigenvalue weighted by atomic mass is 10.1. The van der Waals surface area contributed by atoms with Crippen molar-refractivity contribution in [2.45, 2.75) is 58.3 Å². The lowest BCUT2D eigenvalue weighted by Gasteiger charge is -2.21. The van der Waals surface area contributed by atoms with E-state index in [-0.39, 0.29) is 5.97 Å². The second-order valence-corrected chi connectivity index (χ2v) is 11.6. The highest BCUT2D eigenvalue weighted by Crippen LogP contribution is 2.21. The van der Waals surface area contributed by atoms with Crippen LogP contribution in [-0.4, -0.2) is 20.7 Å². The maximum absolute atomic E-state index is 10.8. The van der Waals surface area contributed by atoms with Crippen LogP contribution in [0.2, 0.25) is 25.7 Å². The fraction of sp³-hybridized carbons (Fsp3) is 0.786. The minimum absolute atomic E-state index is 0.308. The number of esters is 1. The van der Waals surface area contributed by atoms with Gasteiger partial charge in [-0.25, -0.2) is 4.79 Å². The molecule has 17 heavy (non-hydrogen) atoms. The lowest BCUT2D eigenvalue weighted by Crippen LogP contribution is -2.22. The SMILES string of the molecule is C=CC(=O)OCCCCCC(C)C[Si](C)(C)C. The highest BCUT2D eigenvalue weighted by molar-refractivity contribution is 6.76. The van der Waals surface area contributed by atoms with Gasteiger partial charge in [0.1, 0.15) is 0 Å². The molecule has 0 aliphatic heterocycles. The van der Waals surface area contributed by atoms with E-state index in [0.29, 0.717) is 6.61 Å². The number of ether oxygens (including phenoxy) is 1. The number of unbranched alkanes of at least 4 members (excludes halogenated alkanes) is 2. The Morgan fingerprint density at radius 2 is 1.94 bits per heavy atom. The van der Waals surface area contributed by atoms with Crippen molar-refractivity contribution >= 4 is 14.0 Å². The quantitative estimate of drug-likeness (QED) is 0.267. The molecule has 0 aromatic carbocycles. The predicted octanol–water partition coefficient (Wildman–Crippen LogP) is 4.25. The molecule has 0 aromatic rings. The first-order valence-corrected chi connectivity index (χ1v) is 10.3. The third-order valence-corrected chi connectivity index (χ3v) is 4.63. The van der Waals surface area contributed by atoms with Gasteiger partial charge in [0.2, 0.25) is 0 Å². The molecule has 1 unspecified atom stereocenters. The van der Waals surface area contributed by atoms with E-state index in [2.05, 4.69) is 33.1 Å². The summed E-state index contributed by atoms with van der Waals surface area (Å²) in [4.78, 5) is 10.8. The number of rotatable bonds is 9. The van der Waals surface area contributed by atoms with E-state index in [1.165, 1.54) is 25.0 Å². The molecule has 2 nitrogen and oxygen atoms in total. The minimum Gasteiger partial charge on any atom is -0.463 e. The van der Waals surface area contributed by atoms with Crippen LogP contribution < -0.4 is 0 Å². The van der Waals surface area contributed by atoms with E-state index in [0.717, 1.165) is 18.8 Å². The van der Waals surface area contributed by atoms with Crippen LogP contribution in [-0.2, 0) is 9.53 Å². The van der Waals surface area contributed by atoms with Crippen LogP contribution >= 0.6 is 0 Å². The van der Waals surface area contributed by atoms with Crippen molar-refractivity contribution in [1.82, 2.24) is 0 Å². The molecule has 100 valence electrons. The summed E-state index contributed by atoms with van der Waals surface area (Å²) >= 11 is 0. The van der Waals surface area contributed by atoms with Crippen molar-refractivity contribution in [2.75, 3.05) is 6.61 Å². The normalized spacial score (nSPS) is 13.2. The molecule has 0 spiro atoms. The van der Waals surface area contributed by atoms with Gasteiger partial charge in [-0.05, 0) is 12.3 Å². The van der Waals surface area contributed by atoms with Gasteiger partial charge in [-0.3, -0.25) is 0 Å². The first kappa shape index (κ1) is 16.4. The number of hydrogen-bond acceptors (Lipinski definition) is 2. The second kappa shape index (κ2) is 8.51. The molecule has 0 fully saturated rings. The summed E-state index contributed by atoms with van der Waals surface area (Å²) in [5.74, 6) is 0.537. The highest BCUT2D eigenvalue weighted by Gasteiger charge is 2.16. The second-order valence-electron chi connectivity index (χ2n) is 6.09. The molecular weight excluding hydrogens is 228 g/mol. The van der Waals surface area contributed by atoms with Crippen LogP contribution in [0.3, 0.4) is 0 Å². The summed E-state index contributed by atoms with van der Waals surface area (Å²) < 4.78 is 4.93.